The molecule has 0 aliphatic heterocycles. The first-order valence-electron chi connectivity index (χ1n) is 12.1. The predicted octanol–water partition coefficient (Wildman–Crippen LogP) is 1.94. The van der Waals surface area contributed by atoms with Crippen molar-refractivity contribution in [2.45, 2.75) is 52.1 Å². The van der Waals surface area contributed by atoms with Gasteiger partial charge in [-0.3, -0.25) is 9.36 Å². The molecule has 0 heterocycles. The van der Waals surface area contributed by atoms with Gasteiger partial charge in [-0.1, -0.05) is 20.3 Å². The Morgan fingerprint density at radius 3 is 2.08 bits per heavy atom. The molecule has 1 amide bonds. The minimum atomic E-state index is -4.20. The van der Waals surface area contributed by atoms with Crippen LogP contribution in [0.15, 0.2) is 0 Å². The van der Waals surface area contributed by atoms with Gasteiger partial charge in [0.05, 0.1) is 52.9 Å². The maximum atomic E-state index is 11.8. The van der Waals surface area contributed by atoms with Gasteiger partial charge in [0, 0.05) is 47.5 Å². The molecule has 0 rings (SSSR count). The standard InChI is InChI=1S/C22H46NO11P.CH4/c1-27-13-15-32-20-21(33-17-14-28-2)19-31-11-7-5-4-6-9-22(24)23-10-8-12-30-16-18-34-35(25,26)29-3;/h21H,4-20H2,1-3H3,(H,23,24)(H,25,26);1H4/p-1. The number of phosphoric ester groups is 1. The molecule has 0 aromatic carbocycles. The van der Waals surface area contributed by atoms with E-state index in [-0.39, 0.29) is 32.7 Å². The normalized spacial score (nSPS) is 13.7. The van der Waals surface area contributed by atoms with Gasteiger partial charge >= 0.3 is 0 Å². The highest BCUT2D eigenvalue weighted by molar-refractivity contribution is 7.45. The summed E-state index contributed by atoms with van der Waals surface area (Å²) in [5.41, 5.74) is 0. The Bertz CT molecular complexity index is 528. The van der Waals surface area contributed by atoms with Gasteiger partial charge in [0.2, 0.25) is 5.91 Å². The summed E-state index contributed by atoms with van der Waals surface area (Å²) in [4.78, 5) is 22.8. The Balaban J connectivity index is 0. The zero-order valence-corrected chi connectivity index (χ0v) is 22.4. The van der Waals surface area contributed by atoms with Crippen LogP contribution in [0.5, 0.6) is 0 Å². The van der Waals surface area contributed by atoms with Crippen molar-refractivity contribution in [2.24, 2.45) is 0 Å². The number of rotatable bonds is 27. The fourth-order valence-corrected chi connectivity index (χ4v) is 3.11. The summed E-state index contributed by atoms with van der Waals surface area (Å²) in [7, 11) is 0.102. The van der Waals surface area contributed by atoms with Crippen LogP contribution in [-0.2, 0) is 46.8 Å². The van der Waals surface area contributed by atoms with Crippen molar-refractivity contribution in [3.63, 3.8) is 0 Å². The predicted molar refractivity (Wildman–Crippen MR) is 134 cm³/mol. The number of nitrogens with one attached hydrogen (secondary N) is 1. The second-order valence-electron chi connectivity index (χ2n) is 7.57. The maximum absolute atomic E-state index is 11.8. The third-order valence-electron chi connectivity index (χ3n) is 4.61. The molecular formula is C23H49NO11P-. The van der Waals surface area contributed by atoms with Gasteiger partial charge in [-0.25, -0.2) is 0 Å². The van der Waals surface area contributed by atoms with Crippen molar-refractivity contribution in [3.8, 4) is 0 Å². The van der Waals surface area contributed by atoms with Crippen molar-refractivity contribution in [3.05, 3.63) is 0 Å². The van der Waals surface area contributed by atoms with Crippen LogP contribution >= 0.6 is 7.82 Å². The molecule has 0 saturated heterocycles. The van der Waals surface area contributed by atoms with Crippen LogP contribution in [0.1, 0.15) is 46.0 Å². The molecule has 0 radical (unpaired) electrons. The Morgan fingerprint density at radius 1 is 0.778 bits per heavy atom. The van der Waals surface area contributed by atoms with Crippen molar-refractivity contribution in [1.29, 1.82) is 0 Å². The van der Waals surface area contributed by atoms with Crippen LogP contribution in [0.25, 0.3) is 0 Å². The average molecular weight is 547 g/mol. The van der Waals surface area contributed by atoms with Crippen molar-refractivity contribution in [2.75, 3.05) is 93.9 Å². The summed E-state index contributed by atoms with van der Waals surface area (Å²) in [5.74, 6) is 0.0153. The Hall–Kier alpha value is -0.660. The molecule has 0 aliphatic carbocycles. The molecule has 0 fully saturated rings. The van der Waals surface area contributed by atoms with Crippen LogP contribution in [-0.4, -0.2) is 106 Å². The van der Waals surface area contributed by atoms with Crippen LogP contribution in [0.4, 0.5) is 0 Å². The van der Waals surface area contributed by atoms with E-state index in [4.69, 9.17) is 28.4 Å². The van der Waals surface area contributed by atoms with Gasteiger partial charge in [-0.2, -0.15) is 0 Å². The first-order valence-corrected chi connectivity index (χ1v) is 13.5. The maximum Gasteiger partial charge on any atom is 0.267 e. The Morgan fingerprint density at radius 2 is 1.39 bits per heavy atom. The molecule has 13 heteroatoms. The van der Waals surface area contributed by atoms with E-state index in [0.717, 1.165) is 32.8 Å². The summed E-state index contributed by atoms with van der Waals surface area (Å²) in [6.07, 6.45) is 4.67. The molecule has 1 N–H and O–H groups in total. The molecule has 2 atom stereocenters. The van der Waals surface area contributed by atoms with Gasteiger partial charge in [0.25, 0.3) is 7.82 Å². The number of ether oxygens (including phenoxy) is 6. The zero-order valence-electron chi connectivity index (χ0n) is 21.5. The molecule has 12 nitrogen and oxygen atoms in total. The van der Waals surface area contributed by atoms with Gasteiger partial charge in [-0.05, 0) is 19.3 Å². The van der Waals surface area contributed by atoms with E-state index in [9.17, 15) is 14.3 Å². The highest BCUT2D eigenvalue weighted by Gasteiger charge is 2.10. The highest BCUT2D eigenvalue weighted by atomic mass is 31.2. The average Bonchev–Trinajstić information content (AvgIpc) is 2.84. The summed E-state index contributed by atoms with van der Waals surface area (Å²) in [5, 5.41) is 2.84. The summed E-state index contributed by atoms with van der Waals surface area (Å²) in [6, 6.07) is 0. The van der Waals surface area contributed by atoms with Gasteiger partial charge in [0.15, 0.2) is 0 Å². The highest BCUT2D eigenvalue weighted by Crippen LogP contribution is 2.36. The van der Waals surface area contributed by atoms with E-state index >= 15 is 0 Å². The molecule has 0 bridgehead atoms. The third kappa shape index (κ3) is 26.4. The molecule has 0 spiro atoms. The fourth-order valence-electron chi connectivity index (χ4n) is 2.71. The number of carbonyl (C=O) groups is 1. The van der Waals surface area contributed by atoms with Crippen molar-refractivity contribution in [1.82, 2.24) is 5.32 Å². The van der Waals surface area contributed by atoms with E-state index in [1.165, 1.54) is 0 Å². The topological polar surface area (TPSA) is 143 Å². The SMILES string of the molecule is C.COCCOCC(COCCCCCCC(=O)NCCCOCCOP(=O)([O-])OC)OCCOC. The molecule has 0 aromatic rings. The van der Waals surface area contributed by atoms with Gasteiger partial charge in [0.1, 0.15) is 6.10 Å². The molecule has 0 aromatic heterocycles. The fraction of sp³-hybridized carbons (Fsp3) is 0.957. The lowest BCUT2D eigenvalue weighted by molar-refractivity contribution is -0.223. The monoisotopic (exact) mass is 546 g/mol. The van der Waals surface area contributed by atoms with Crippen LogP contribution < -0.4 is 10.2 Å². The first kappa shape index (κ1) is 37.5. The number of carbonyl (C=O) groups excluding carboxylic acids is 1. The number of phosphoric acid groups is 1. The number of hydrogen-bond donors (Lipinski definition) is 1. The number of hydrogen-bond acceptors (Lipinski definition) is 11. The summed E-state index contributed by atoms with van der Waals surface area (Å²) in [6.45, 7) is 4.56. The summed E-state index contributed by atoms with van der Waals surface area (Å²) < 4.78 is 51.8. The number of amides is 1. The van der Waals surface area contributed by atoms with E-state index in [1.807, 2.05) is 0 Å². The van der Waals surface area contributed by atoms with Crippen LogP contribution in [0.3, 0.4) is 0 Å². The Kier molecular flexibility index (Phi) is 28.5. The lowest BCUT2D eigenvalue weighted by Crippen LogP contribution is -2.28. The van der Waals surface area contributed by atoms with E-state index in [1.54, 1.807) is 14.2 Å². The molecule has 2 unspecified atom stereocenters. The van der Waals surface area contributed by atoms with Crippen LogP contribution in [0, 0.1) is 0 Å². The minimum Gasteiger partial charge on any atom is -0.756 e. The van der Waals surface area contributed by atoms with E-state index in [0.29, 0.717) is 72.2 Å². The molecule has 0 saturated carbocycles. The quantitative estimate of drug-likeness (QED) is 0.119. The first-order chi connectivity index (χ1) is 16.9. The molecule has 36 heavy (non-hydrogen) atoms. The van der Waals surface area contributed by atoms with Gasteiger partial charge < -0.3 is 47.7 Å². The minimum absolute atomic E-state index is 0. The summed E-state index contributed by atoms with van der Waals surface area (Å²) >= 11 is 0. The third-order valence-corrected chi connectivity index (χ3v) is 5.56. The van der Waals surface area contributed by atoms with Gasteiger partial charge in [-0.15, -0.1) is 0 Å². The Labute approximate surface area is 217 Å². The zero-order chi connectivity index (χ0) is 26.0. The van der Waals surface area contributed by atoms with Crippen molar-refractivity contribution < 1.29 is 51.7 Å². The molecule has 0 aliphatic rings. The smallest absolute Gasteiger partial charge is 0.267 e. The molecule has 218 valence electrons. The second-order valence-corrected chi connectivity index (χ2v) is 9.09. The lowest BCUT2D eigenvalue weighted by atomic mass is 10.1. The number of unbranched alkanes of at least 4 members (excludes halogenated alkanes) is 3. The molecular weight excluding hydrogens is 497 g/mol. The number of methoxy groups -OCH3 is 2. The van der Waals surface area contributed by atoms with E-state index in [2.05, 4.69) is 14.4 Å². The second kappa shape index (κ2) is 27.4. The largest absolute Gasteiger partial charge is 0.756 e. The van der Waals surface area contributed by atoms with Crippen molar-refractivity contribution >= 4 is 13.7 Å². The lowest BCUT2D eigenvalue weighted by Gasteiger charge is -2.19. The van der Waals surface area contributed by atoms with E-state index < -0.39 is 7.82 Å². The van der Waals surface area contributed by atoms with Crippen LogP contribution in [0.2, 0.25) is 0 Å².